The van der Waals surface area contributed by atoms with Gasteiger partial charge < -0.3 is 20.3 Å². The molecule has 0 bridgehead atoms. The molecule has 4 aromatic heterocycles. The second kappa shape index (κ2) is 10.2. The molecule has 1 saturated heterocycles. The molecule has 1 aliphatic carbocycles. The monoisotopic (exact) mass is 534 g/mol. The van der Waals surface area contributed by atoms with Crippen molar-refractivity contribution in [2.24, 2.45) is 4.99 Å². The van der Waals surface area contributed by atoms with Gasteiger partial charge in [0.15, 0.2) is 11.1 Å². The standard InChI is InChI=1S/C26H30N8O3S/c1-2-17(13-33-7-3-4-8-33)29-25(36)21-10-16(14-38-21)19-11-22(28-18-5-6-18)34-23(30-19)15(12-27-34)9-20-24(35)32-26(37)31-20/h9-12,14,17-18,35H,2-8,13H2,1H3,(H,29,36)(H2,31,32,37)/b15-9+,28-22?. The Morgan fingerprint density at radius 2 is 2.13 bits per heavy atom. The highest BCUT2D eigenvalue weighted by Gasteiger charge is 2.22. The highest BCUT2D eigenvalue weighted by Crippen LogP contribution is 2.25. The van der Waals surface area contributed by atoms with Crippen LogP contribution in [0.15, 0.2) is 33.5 Å². The van der Waals surface area contributed by atoms with Gasteiger partial charge in [-0.3, -0.25) is 14.8 Å². The summed E-state index contributed by atoms with van der Waals surface area (Å²) in [5.74, 6) is -0.321. The van der Waals surface area contributed by atoms with Crippen LogP contribution in [0.1, 0.15) is 54.4 Å². The number of fused-ring (bicyclic) bond motifs is 1. The molecule has 1 unspecified atom stereocenters. The summed E-state index contributed by atoms with van der Waals surface area (Å²) in [7, 11) is 0. The highest BCUT2D eigenvalue weighted by atomic mass is 32.1. The van der Waals surface area contributed by atoms with Gasteiger partial charge in [0.25, 0.3) is 5.91 Å². The third-order valence-electron chi connectivity index (χ3n) is 7.00. The number of aromatic nitrogens is 5. The Morgan fingerprint density at radius 3 is 2.84 bits per heavy atom. The normalized spacial score (nSPS) is 18.0. The molecule has 38 heavy (non-hydrogen) atoms. The molecule has 2 aliphatic rings. The van der Waals surface area contributed by atoms with Crippen molar-refractivity contribution in [3.05, 3.63) is 55.5 Å². The summed E-state index contributed by atoms with van der Waals surface area (Å²) in [4.78, 5) is 42.2. The fraction of sp³-hybridized carbons (Fsp3) is 0.423. The van der Waals surface area contributed by atoms with E-state index in [4.69, 9.17) is 9.98 Å². The smallest absolute Gasteiger partial charge is 0.326 e. The SMILES string of the molecule is CCC(CN1CCCC1)NC(=O)c1cc(-c2cc(=NC3CC3)n3nc/c(=C\c4[nH]c(=O)[nH]c4O)c3n2)cs1. The zero-order valence-corrected chi connectivity index (χ0v) is 21.9. The maximum atomic E-state index is 13.1. The number of thiophene rings is 1. The van der Waals surface area contributed by atoms with Gasteiger partial charge in [-0.2, -0.15) is 9.61 Å². The number of rotatable bonds is 8. The number of H-pyrrole nitrogens is 2. The lowest BCUT2D eigenvalue weighted by atomic mass is 10.2. The molecular formula is C26H30N8O3S. The van der Waals surface area contributed by atoms with Gasteiger partial charge in [-0.25, -0.2) is 9.78 Å². The van der Waals surface area contributed by atoms with Crippen molar-refractivity contribution in [3.8, 4) is 17.1 Å². The highest BCUT2D eigenvalue weighted by molar-refractivity contribution is 7.12. The Kier molecular flexibility index (Phi) is 6.58. The minimum absolute atomic E-state index is 0.0680. The van der Waals surface area contributed by atoms with Gasteiger partial charge in [-0.1, -0.05) is 6.92 Å². The quantitative estimate of drug-likeness (QED) is 0.269. The Hall–Kier alpha value is -3.77. The Bertz CT molecular complexity index is 1660. The van der Waals surface area contributed by atoms with Crippen LogP contribution in [0.25, 0.3) is 23.0 Å². The minimum Gasteiger partial charge on any atom is -0.493 e. The van der Waals surface area contributed by atoms with Gasteiger partial charge in [0, 0.05) is 34.8 Å². The number of nitrogens with one attached hydrogen (secondary N) is 3. The van der Waals surface area contributed by atoms with E-state index in [1.165, 1.54) is 24.2 Å². The van der Waals surface area contributed by atoms with E-state index in [1.807, 2.05) is 17.5 Å². The van der Waals surface area contributed by atoms with Crippen molar-refractivity contribution >= 4 is 29.0 Å². The number of amides is 1. The van der Waals surface area contributed by atoms with Gasteiger partial charge in [0.2, 0.25) is 5.88 Å². The first-order valence-corrected chi connectivity index (χ1v) is 13.9. The van der Waals surface area contributed by atoms with Gasteiger partial charge in [0.1, 0.15) is 5.69 Å². The van der Waals surface area contributed by atoms with Crippen molar-refractivity contribution in [1.82, 2.24) is 34.8 Å². The zero-order chi connectivity index (χ0) is 26.2. The van der Waals surface area contributed by atoms with Crippen LogP contribution >= 0.6 is 11.3 Å². The summed E-state index contributed by atoms with van der Waals surface area (Å²) < 4.78 is 1.67. The second-order valence-electron chi connectivity index (χ2n) is 9.97. The molecular weight excluding hydrogens is 504 g/mol. The topological polar surface area (TPSA) is 144 Å². The van der Waals surface area contributed by atoms with Gasteiger partial charge in [0.05, 0.1) is 22.8 Å². The predicted octanol–water partition coefficient (Wildman–Crippen LogP) is 1.39. The molecule has 1 atom stereocenters. The van der Waals surface area contributed by atoms with Crippen molar-refractivity contribution in [3.63, 3.8) is 0 Å². The fourth-order valence-electron chi connectivity index (χ4n) is 4.74. The van der Waals surface area contributed by atoms with Crippen LogP contribution < -0.4 is 21.7 Å². The minimum atomic E-state index is -0.502. The first kappa shape index (κ1) is 24.6. The largest absolute Gasteiger partial charge is 0.493 e. The molecule has 12 heteroatoms. The van der Waals surface area contributed by atoms with Crippen molar-refractivity contribution in [2.45, 2.75) is 51.1 Å². The maximum absolute atomic E-state index is 13.1. The lowest BCUT2D eigenvalue weighted by Crippen LogP contribution is -2.42. The van der Waals surface area contributed by atoms with E-state index in [-0.39, 0.29) is 29.6 Å². The van der Waals surface area contributed by atoms with Crippen LogP contribution in [0.5, 0.6) is 5.88 Å². The number of aromatic hydroxyl groups is 1. The third kappa shape index (κ3) is 5.14. The molecule has 6 rings (SSSR count). The lowest BCUT2D eigenvalue weighted by molar-refractivity contribution is 0.0930. The number of likely N-dealkylation sites (tertiary alicyclic amines) is 1. The van der Waals surface area contributed by atoms with Gasteiger partial charge in [-0.05, 0) is 57.3 Å². The summed E-state index contributed by atoms with van der Waals surface area (Å²) >= 11 is 1.40. The number of aromatic amines is 2. The molecule has 2 fully saturated rings. The number of hydrogen-bond donors (Lipinski definition) is 4. The molecule has 0 radical (unpaired) electrons. The molecule has 198 valence electrons. The van der Waals surface area contributed by atoms with Crippen LogP contribution in [-0.2, 0) is 0 Å². The maximum Gasteiger partial charge on any atom is 0.326 e. The van der Waals surface area contributed by atoms with E-state index in [0.717, 1.165) is 44.5 Å². The molecule has 0 spiro atoms. The van der Waals surface area contributed by atoms with Crippen molar-refractivity contribution in [2.75, 3.05) is 19.6 Å². The molecule has 1 aliphatic heterocycles. The summed E-state index contributed by atoms with van der Waals surface area (Å²) in [5, 5.41) is 20.2. The van der Waals surface area contributed by atoms with Crippen molar-refractivity contribution in [1.29, 1.82) is 0 Å². The molecule has 1 saturated carbocycles. The second-order valence-corrected chi connectivity index (χ2v) is 10.9. The number of imidazole rings is 1. The lowest BCUT2D eigenvalue weighted by Gasteiger charge is -2.23. The fourth-order valence-corrected chi connectivity index (χ4v) is 5.55. The molecule has 11 nitrogen and oxygen atoms in total. The molecule has 1 amide bonds. The van der Waals surface area contributed by atoms with Crippen LogP contribution in [-0.4, -0.2) is 72.2 Å². The van der Waals surface area contributed by atoms with E-state index in [2.05, 4.69) is 32.2 Å². The van der Waals surface area contributed by atoms with Gasteiger partial charge >= 0.3 is 5.69 Å². The summed E-state index contributed by atoms with van der Waals surface area (Å²) in [6.45, 7) is 5.19. The van der Waals surface area contributed by atoms with Gasteiger partial charge in [-0.15, -0.1) is 11.3 Å². The van der Waals surface area contributed by atoms with Crippen LogP contribution in [0, 0.1) is 0 Å². The van der Waals surface area contributed by atoms with E-state index in [0.29, 0.717) is 26.9 Å². The summed E-state index contributed by atoms with van der Waals surface area (Å²) in [5.41, 5.74) is 2.46. The Balaban J connectivity index is 1.33. The van der Waals surface area contributed by atoms with Crippen molar-refractivity contribution < 1.29 is 9.90 Å². The Labute approximate surface area is 222 Å². The number of carbonyl (C=O) groups is 1. The van der Waals surface area contributed by atoms with E-state index >= 15 is 0 Å². The predicted molar refractivity (Wildman–Crippen MR) is 144 cm³/mol. The number of nitrogens with zero attached hydrogens (tertiary/aromatic N) is 5. The van der Waals surface area contributed by atoms with Crippen LogP contribution in [0.4, 0.5) is 0 Å². The average molecular weight is 535 g/mol. The van der Waals surface area contributed by atoms with E-state index in [1.54, 1.807) is 16.8 Å². The molecule has 5 heterocycles. The number of hydrogen-bond acceptors (Lipinski definition) is 8. The van der Waals surface area contributed by atoms with Crippen LogP contribution in [0.2, 0.25) is 0 Å². The molecule has 4 N–H and O–H groups in total. The van der Waals surface area contributed by atoms with E-state index < -0.39 is 5.69 Å². The Morgan fingerprint density at radius 1 is 1.32 bits per heavy atom. The molecule has 4 aromatic rings. The molecule has 0 aromatic carbocycles. The third-order valence-corrected chi connectivity index (χ3v) is 7.93. The average Bonchev–Trinajstić information content (AvgIpc) is 3.32. The first-order valence-electron chi connectivity index (χ1n) is 13.0. The summed E-state index contributed by atoms with van der Waals surface area (Å²) in [6, 6.07) is 4.15. The van der Waals surface area contributed by atoms with E-state index in [9.17, 15) is 14.7 Å². The number of carbonyl (C=O) groups excluding carboxylic acids is 1. The zero-order valence-electron chi connectivity index (χ0n) is 21.1. The first-order chi connectivity index (χ1) is 18.5. The summed E-state index contributed by atoms with van der Waals surface area (Å²) in [6.07, 6.45) is 8.66. The van der Waals surface area contributed by atoms with Crippen LogP contribution in [0.3, 0.4) is 0 Å².